The maximum Gasteiger partial charge on any atom is 0.232 e. The van der Waals surface area contributed by atoms with Crippen molar-refractivity contribution in [2.75, 3.05) is 10.6 Å². The van der Waals surface area contributed by atoms with E-state index in [0.29, 0.717) is 28.5 Å². The molecule has 1 amide bonds. The zero-order valence-corrected chi connectivity index (χ0v) is 22.3. The van der Waals surface area contributed by atoms with Gasteiger partial charge in [-0.2, -0.15) is 9.61 Å². The lowest BCUT2D eigenvalue weighted by Gasteiger charge is -2.14. The molecule has 1 atom stereocenters. The average Bonchev–Trinajstić information content (AvgIpc) is 3.48. The fraction of sp³-hybridized carbons (Fsp3) is 0.103. The van der Waals surface area contributed by atoms with Gasteiger partial charge in [-0.25, -0.2) is 4.98 Å². The maximum atomic E-state index is 13.0. The topological polar surface area (TPSA) is 88.4 Å². The molecule has 1 aliphatic rings. The molecular weight excluding hydrogens is 566 g/mol. The van der Waals surface area contributed by atoms with Gasteiger partial charge in [-0.3, -0.25) is 9.59 Å². The van der Waals surface area contributed by atoms with Crippen LogP contribution >= 0.6 is 27.5 Å². The Labute approximate surface area is 232 Å². The van der Waals surface area contributed by atoms with Crippen molar-refractivity contribution in [2.45, 2.75) is 18.9 Å². The lowest BCUT2D eigenvalue weighted by Crippen LogP contribution is -2.19. The number of halogens is 2. The van der Waals surface area contributed by atoms with Crippen LogP contribution in [-0.2, 0) is 11.3 Å². The van der Waals surface area contributed by atoms with E-state index in [4.69, 9.17) is 16.6 Å². The summed E-state index contributed by atoms with van der Waals surface area (Å²) >= 11 is 9.97. The predicted octanol–water partition coefficient (Wildman–Crippen LogP) is 6.73. The second-order valence-corrected chi connectivity index (χ2v) is 10.3. The summed E-state index contributed by atoms with van der Waals surface area (Å²) in [5.74, 6) is 0.0806. The van der Waals surface area contributed by atoms with Gasteiger partial charge in [0.05, 0.1) is 22.3 Å². The molecule has 0 bridgehead atoms. The molecule has 9 heteroatoms. The lowest BCUT2D eigenvalue weighted by atomic mass is 10.0. The van der Waals surface area contributed by atoms with Crippen molar-refractivity contribution >= 4 is 56.4 Å². The molecule has 0 radical (unpaired) electrons. The minimum Gasteiger partial charge on any atom is -0.366 e. The van der Waals surface area contributed by atoms with Gasteiger partial charge in [-0.1, -0.05) is 66.2 Å². The Morgan fingerprint density at radius 3 is 2.66 bits per heavy atom. The molecule has 0 fully saturated rings. The van der Waals surface area contributed by atoms with Crippen LogP contribution < -0.4 is 10.6 Å². The standard InChI is InChI=1S/C29H21BrClN5O2/c30-23-16-33-36-27(14-25(35-28(23)36)21-10-3-4-11-24(21)31)32-15-17-6-5-7-18(12-17)34-29(38)22-13-26(37)20-9-2-1-8-19(20)22/h1-12,14,16,22,32H,13,15H2,(H,34,38). The van der Waals surface area contributed by atoms with E-state index in [0.717, 1.165) is 32.7 Å². The normalized spacial score (nSPS) is 14.5. The molecule has 188 valence electrons. The molecule has 0 spiro atoms. The van der Waals surface area contributed by atoms with Crippen molar-refractivity contribution in [1.29, 1.82) is 0 Å². The van der Waals surface area contributed by atoms with Crippen LogP contribution in [0.3, 0.4) is 0 Å². The minimum absolute atomic E-state index is 0.00350. The van der Waals surface area contributed by atoms with Gasteiger partial charge in [0.1, 0.15) is 5.82 Å². The van der Waals surface area contributed by atoms with Gasteiger partial charge in [-0.15, -0.1) is 0 Å². The molecular formula is C29H21BrClN5O2. The van der Waals surface area contributed by atoms with Gasteiger partial charge < -0.3 is 10.6 Å². The molecule has 2 aromatic heterocycles. The molecule has 7 nitrogen and oxygen atoms in total. The van der Waals surface area contributed by atoms with E-state index in [1.807, 2.05) is 72.8 Å². The average molecular weight is 587 g/mol. The molecule has 5 aromatic rings. The monoisotopic (exact) mass is 585 g/mol. The van der Waals surface area contributed by atoms with Gasteiger partial charge in [-0.05, 0) is 45.3 Å². The van der Waals surface area contributed by atoms with Crippen LogP contribution in [0, 0.1) is 0 Å². The van der Waals surface area contributed by atoms with Gasteiger partial charge in [0.2, 0.25) is 5.91 Å². The van der Waals surface area contributed by atoms with E-state index in [1.54, 1.807) is 16.8 Å². The van der Waals surface area contributed by atoms with Crippen molar-refractivity contribution in [3.63, 3.8) is 0 Å². The number of hydrogen-bond donors (Lipinski definition) is 2. The van der Waals surface area contributed by atoms with Gasteiger partial charge in [0, 0.05) is 40.9 Å². The molecule has 0 saturated carbocycles. The number of Topliss-reactive ketones (excluding diaryl/α,β-unsaturated/α-hetero) is 1. The Morgan fingerprint density at radius 2 is 1.82 bits per heavy atom. The summed E-state index contributed by atoms with van der Waals surface area (Å²) < 4.78 is 2.50. The first-order chi connectivity index (χ1) is 18.5. The molecule has 38 heavy (non-hydrogen) atoms. The fourth-order valence-electron chi connectivity index (χ4n) is 4.74. The molecule has 1 aliphatic carbocycles. The lowest BCUT2D eigenvalue weighted by molar-refractivity contribution is -0.117. The van der Waals surface area contributed by atoms with E-state index >= 15 is 0 Å². The Balaban J connectivity index is 1.22. The Hall–Kier alpha value is -4.01. The number of rotatable bonds is 6. The number of fused-ring (bicyclic) bond motifs is 2. The highest BCUT2D eigenvalue weighted by atomic mass is 79.9. The molecule has 6 rings (SSSR count). The second-order valence-electron chi connectivity index (χ2n) is 9.04. The van der Waals surface area contributed by atoms with Crippen LogP contribution in [0.5, 0.6) is 0 Å². The van der Waals surface area contributed by atoms with Crippen LogP contribution in [0.4, 0.5) is 11.5 Å². The molecule has 1 unspecified atom stereocenters. The number of carbonyl (C=O) groups is 2. The third kappa shape index (κ3) is 4.57. The van der Waals surface area contributed by atoms with E-state index < -0.39 is 5.92 Å². The van der Waals surface area contributed by atoms with Gasteiger partial charge in [0.25, 0.3) is 0 Å². The SMILES string of the molecule is O=C1CC(C(=O)Nc2cccc(CNc3cc(-c4ccccc4Cl)nc4c(Br)cnn34)c2)c2ccccc21. The van der Waals surface area contributed by atoms with Crippen molar-refractivity contribution in [2.24, 2.45) is 0 Å². The van der Waals surface area contributed by atoms with Crippen LogP contribution in [0.1, 0.15) is 33.8 Å². The number of hydrogen-bond acceptors (Lipinski definition) is 5. The summed E-state index contributed by atoms with van der Waals surface area (Å²) in [5, 5.41) is 11.5. The molecule has 0 saturated heterocycles. The molecule has 2 N–H and O–H groups in total. The zero-order chi connectivity index (χ0) is 26.2. The van der Waals surface area contributed by atoms with Crippen LogP contribution in [0.2, 0.25) is 5.02 Å². The summed E-state index contributed by atoms with van der Waals surface area (Å²) in [6.07, 6.45) is 1.89. The van der Waals surface area contributed by atoms with Crippen LogP contribution in [-0.4, -0.2) is 26.3 Å². The Morgan fingerprint density at radius 1 is 1.03 bits per heavy atom. The number of nitrogens with one attached hydrogen (secondary N) is 2. The highest BCUT2D eigenvalue weighted by Crippen LogP contribution is 2.34. The summed E-state index contributed by atoms with van der Waals surface area (Å²) in [4.78, 5) is 30.1. The summed E-state index contributed by atoms with van der Waals surface area (Å²) in [7, 11) is 0. The van der Waals surface area contributed by atoms with Gasteiger partial charge in [0.15, 0.2) is 11.4 Å². The fourth-order valence-corrected chi connectivity index (χ4v) is 5.32. The number of anilines is 2. The Bertz CT molecular complexity index is 1720. The predicted molar refractivity (Wildman–Crippen MR) is 152 cm³/mol. The van der Waals surface area contributed by atoms with E-state index in [-0.39, 0.29) is 18.1 Å². The summed E-state index contributed by atoms with van der Waals surface area (Å²) in [5.41, 5.74) is 5.26. The smallest absolute Gasteiger partial charge is 0.232 e. The maximum absolute atomic E-state index is 13.0. The molecule has 3 aromatic carbocycles. The first kappa shape index (κ1) is 24.3. The zero-order valence-electron chi connectivity index (χ0n) is 20.0. The second kappa shape index (κ2) is 10.0. The van der Waals surface area contributed by atoms with Crippen LogP contribution in [0.25, 0.3) is 16.9 Å². The van der Waals surface area contributed by atoms with Crippen LogP contribution in [0.15, 0.2) is 89.5 Å². The number of aromatic nitrogens is 3. The number of nitrogens with zero attached hydrogens (tertiary/aromatic N) is 3. The largest absolute Gasteiger partial charge is 0.366 e. The van der Waals surface area contributed by atoms with E-state index in [1.165, 1.54) is 0 Å². The van der Waals surface area contributed by atoms with Crippen molar-refractivity contribution in [1.82, 2.24) is 14.6 Å². The summed E-state index contributed by atoms with van der Waals surface area (Å²) in [6.45, 7) is 0.479. The van der Waals surface area contributed by atoms with Crippen molar-refractivity contribution in [3.8, 4) is 11.3 Å². The van der Waals surface area contributed by atoms with E-state index in [2.05, 4.69) is 31.7 Å². The third-order valence-corrected chi connectivity index (χ3v) is 7.48. The first-order valence-corrected chi connectivity index (χ1v) is 13.2. The number of amides is 1. The molecule has 0 aliphatic heterocycles. The van der Waals surface area contributed by atoms with Gasteiger partial charge >= 0.3 is 0 Å². The summed E-state index contributed by atoms with van der Waals surface area (Å²) in [6, 6.07) is 24.4. The molecule has 2 heterocycles. The van der Waals surface area contributed by atoms with Crippen molar-refractivity contribution in [3.05, 3.63) is 111 Å². The minimum atomic E-state index is -0.480. The first-order valence-electron chi connectivity index (χ1n) is 12.0. The highest BCUT2D eigenvalue weighted by molar-refractivity contribution is 9.10. The van der Waals surface area contributed by atoms with Crippen molar-refractivity contribution < 1.29 is 9.59 Å². The Kier molecular flexibility index (Phi) is 6.43. The quantitative estimate of drug-likeness (QED) is 0.230. The number of ketones is 1. The highest BCUT2D eigenvalue weighted by Gasteiger charge is 2.33. The third-order valence-electron chi connectivity index (χ3n) is 6.59. The van der Waals surface area contributed by atoms with E-state index in [9.17, 15) is 9.59 Å². The number of benzene rings is 3. The number of carbonyl (C=O) groups excluding carboxylic acids is 2.